The Morgan fingerprint density at radius 1 is 0.833 bits per heavy atom. The van der Waals surface area contributed by atoms with E-state index in [1.807, 2.05) is 0 Å². The highest BCUT2D eigenvalue weighted by molar-refractivity contribution is 5.49. The van der Waals surface area contributed by atoms with Crippen molar-refractivity contribution in [3.8, 4) is 0 Å². The number of methoxy groups -OCH3 is 1. The number of carbonyl (C=O) groups is 1. The van der Waals surface area contributed by atoms with E-state index < -0.39 is 0 Å². The molecule has 0 saturated heterocycles. The average Bonchev–Trinajstić information content (AvgIpc) is 2.39. The third-order valence-electron chi connectivity index (χ3n) is 2.04. The SMILES string of the molecule is COCCOCCOCCOCCNCCC=O. The van der Waals surface area contributed by atoms with Crippen LogP contribution in [0.25, 0.3) is 0 Å². The van der Waals surface area contributed by atoms with Crippen molar-refractivity contribution in [3.05, 3.63) is 0 Å². The predicted octanol–water partition coefficient (Wildman–Crippen LogP) is -0.139. The first-order chi connectivity index (χ1) is 8.91. The van der Waals surface area contributed by atoms with Gasteiger partial charge in [0.25, 0.3) is 0 Å². The van der Waals surface area contributed by atoms with Crippen molar-refractivity contribution in [2.75, 3.05) is 66.4 Å². The Bertz CT molecular complexity index is 169. The van der Waals surface area contributed by atoms with E-state index in [4.69, 9.17) is 18.9 Å². The van der Waals surface area contributed by atoms with Gasteiger partial charge in [0, 0.05) is 26.6 Å². The molecule has 0 heterocycles. The lowest BCUT2D eigenvalue weighted by molar-refractivity contribution is -0.107. The molecule has 108 valence electrons. The van der Waals surface area contributed by atoms with E-state index in [0.717, 1.165) is 12.8 Å². The number of aldehydes is 1. The van der Waals surface area contributed by atoms with Crippen molar-refractivity contribution in [1.82, 2.24) is 5.32 Å². The summed E-state index contributed by atoms with van der Waals surface area (Å²) in [4.78, 5) is 10.0. The lowest BCUT2D eigenvalue weighted by atomic mass is 10.4. The molecule has 18 heavy (non-hydrogen) atoms. The summed E-state index contributed by atoms with van der Waals surface area (Å²) >= 11 is 0. The molecule has 1 N–H and O–H groups in total. The topological polar surface area (TPSA) is 66.0 Å². The normalized spacial score (nSPS) is 10.7. The van der Waals surface area contributed by atoms with Crippen LogP contribution in [0.5, 0.6) is 0 Å². The summed E-state index contributed by atoms with van der Waals surface area (Å²) in [6, 6.07) is 0. The zero-order chi connectivity index (χ0) is 13.3. The number of nitrogens with one attached hydrogen (secondary N) is 1. The molecule has 6 heteroatoms. The summed E-state index contributed by atoms with van der Waals surface area (Å²) < 4.78 is 20.7. The molecule has 0 atom stereocenters. The van der Waals surface area contributed by atoms with E-state index in [0.29, 0.717) is 59.2 Å². The van der Waals surface area contributed by atoms with Crippen LogP contribution in [0, 0.1) is 0 Å². The van der Waals surface area contributed by atoms with Gasteiger partial charge in [0.15, 0.2) is 0 Å². The Hall–Kier alpha value is -0.530. The van der Waals surface area contributed by atoms with Crippen molar-refractivity contribution < 1.29 is 23.7 Å². The number of ether oxygens (including phenoxy) is 4. The molecular weight excluding hydrogens is 238 g/mol. The van der Waals surface area contributed by atoms with E-state index in [1.165, 1.54) is 0 Å². The molecule has 0 fully saturated rings. The van der Waals surface area contributed by atoms with Gasteiger partial charge in [-0.2, -0.15) is 0 Å². The maximum atomic E-state index is 10.0. The van der Waals surface area contributed by atoms with E-state index in [1.54, 1.807) is 7.11 Å². The van der Waals surface area contributed by atoms with Crippen molar-refractivity contribution in [3.63, 3.8) is 0 Å². The number of rotatable bonds is 15. The molecule has 0 amide bonds. The highest BCUT2D eigenvalue weighted by Gasteiger charge is 1.92. The van der Waals surface area contributed by atoms with Gasteiger partial charge in [-0.15, -0.1) is 0 Å². The van der Waals surface area contributed by atoms with E-state index in [2.05, 4.69) is 5.32 Å². The average molecular weight is 263 g/mol. The van der Waals surface area contributed by atoms with Crippen LogP contribution in [0.2, 0.25) is 0 Å². The van der Waals surface area contributed by atoms with Crippen LogP contribution in [0.4, 0.5) is 0 Å². The first-order valence-electron chi connectivity index (χ1n) is 6.28. The second-order valence-electron chi connectivity index (χ2n) is 3.54. The van der Waals surface area contributed by atoms with Gasteiger partial charge in [-0.1, -0.05) is 0 Å². The summed E-state index contributed by atoms with van der Waals surface area (Å²) in [7, 11) is 1.64. The van der Waals surface area contributed by atoms with Crippen molar-refractivity contribution in [1.29, 1.82) is 0 Å². The third-order valence-corrected chi connectivity index (χ3v) is 2.04. The lowest BCUT2D eigenvalue weighted by Crippen LogP contribution is -2.22. The van der Waals surface area contributed by atoms with Gasteiger partial charge in [0.2, 0.25) is 0 Å². The molecule has 0 spiro atoms. The third kappa shape index (κ3) is 15.5. The van der Waals surface area contributed by atoms with Gasteiger partial charge in [0.1, 0.15) is 6.29 Å². The molecule has 0 radical (unpaired) electrons. The number of hydrogen-bond acceptors (Lipinski definition) is 6. The number of carbonyl (C=O) groups excluding carboxylic acids is 1. The molecule has 6 nitrogen and oxygen atoms in total. The van der Waals surface area contributed by atoms with Crippen LogP contribution >= 0.6 is 0 Å². The highest BCUT2D eigenvalue weighted by atomic mass is 16.6. The summed E-state index contributed by atoms with van der Waals surface area (Å²) in [5.74, 6) is 0. The van der Waals surface area contributed by atoms with Crippen LogP contribution < -0.4 is 5.32 Å². The molecular formula is C12H25NO5. The fourth-order valence-corrected chi connectivity index (χ4v) is 1.11. The van der Waals surface area contributed by atoms with Crippen LogP contribution in [0.1, 0.15) is 6.42 Å². The Morgan fingerprint density at radius 3 is 1.94 bits per heavy atom. The molecule has 0 unspecified atom stereocenters. The zero-order valence-electron chi connectivity index (χ0n) is 11.2. The van der Waals surface area contributed by atoms with Gasteiger partial charge in [-0.3, -0.25) is 0 Å². The minimum atomic E-state index is 0.548. The monoisotopic (exact) mass is 263 g/mol. The zero-order valence-corrected chi connectivity index (χ0v) is 11.2. The van der Waals surface area contributed by atoms with Gasteiger partial charge in [-0.25, -0.2) is 0 Å². The summed E-state index contributed by atoms with van der Waals surface area (Å²) in [6.07, 6.45) is 1.45. The smallest absolute Gasteiger partial charge is 0.121 e. The Balaban J connectivity index is 2.88. The molecule has 0 aromatic heterocycles. The first-order valence-corrected chi connectivity index (χ1v) is 6.28. The molecule has 0 aromatic rings. The van der Waals surface area contributed by atoms with Crippen molar-refractivity contribution >= 4 is 6.29 Å². The first kappa shape index (κ1) is 17.5. The van der Waals surface area contributed by atoms with E-state index >= 15 is 0 Å². The van der Waals surface area contributed by atoms with Crippen LogP contribution in [-0.4, -0.2) is 72.7 Å². The standard InChI is InChI=1S/C12H25NO5/c1-15-7-8-17-11-12-18-10-9-16-6-4-13-3-2-5-14/h5,13H,2-4,6-12H2,1H3. The van der Waals surface area contributed by atoms with Crippen LogP contribution in [0.3, 0.4) is 0 Å². The second kappa shape index (κ2) is 16.5. The van der Waals surface area contributed by atoms with Crippen molar-refractivity contribution in [2.45, 2.75) is 6.42 Å². The van der Waals surface area contributed by atoms with Crippen LogP contribution in [-0.2, 0) is 23.7 Å². The summed E-state index contributed by atoms with van der Waals surface area (Å²) in [6.45, 7) is 5.61. The van der Waals surface area contributed by atoms with E-state index in [9.17, 15) is 4.79 Å². The van der Waals surface area contributed by atoms with Gasteiger partial charge >= 0.3 is 0 Å². The summed E-state index contributed by atoms with van der Waals surface area (Å²) in [5.41, 5.74) is 0. The van der Waals surface area contributed by atoms with Crippen LogP contribution in [0.15, 0.2) is 0 Å². The lowest BCUT2D eigenvalue weighted by Gasteiger charge is -2.07. The van der Waals surface area contributed by atoms with Gasteiger partial charge < -0.3 is 29.1 Å². The Morgan fingerprint density at radius 2 is 1.39 bits per heavy atom. The number of hydrogen-bond donors (Lipinski definition) is 1. The minimum Gasteiger partial charge on any atom is -0.382 e. The largest absolute Gasteiger partial charge is 0.382 e. The Labute approximate surface area is 109 Å². The molecule has 0 aliphatic carbocycles. The molecule has 0 aromatic carbocycles. The highest BCUT2D eigenvalue weighted by Crippen LogP contribution is 1.81. The van der Waals surface area contributed by atoms with Crippen molar-refractivity contribution in [2.24, 2.45) is 0 Å². The molecule has 0 aliphatic heterocycles. The fraction of sp³-hybridized carbons (Fsp3) is 0.917. The predicted molar refractivity (Wildman–Crippen MR) is 67.9 cm³/mol. The Kier molecular flexibility index (Phi) is 16.0. The van der Waals surface area contributed by atoms with E-state index in [-0.39, 0.29) is 0 Å². The van der Waals surface area contributed by atoms with Gasteiger partial charge in [0.05, 0.1) is 46.2 Å². The summed E-state index contributed by atoms with van der Waals surface area (Å²) in [5, 5.41) is 3.09. The molecule has 0 bridgehead atoms. The maximum absolute atomic E-state index is 10.0. The maximum Gasteiger partial charge on any atom is 0.121 e. The molecule has 0 rings (SSSR count). The van der Waals surface area contributed by atoms with Gasteiger partial charge in [-0.05, 0) is 0 Å². The second-order valence-corrected chi connectivity index (χ2v) is 3.54. The quantitative estimate of drug-likeness (QED) is 0.328. The fourth-order valence-electron chi connectivity index (χ4n) is 1.11. The molecule has 0 saturated carbocycles. The molecule has 0 aliphatic rings. The minimum absolute atomic E-state index is 0.548.